The molecule has 0 saturated carbocycles. The van der Waals surface area contributed by atoms with E-state index in [1.165, 1.54) is 12.1 Å². The van der Waals surface area contributed by atoms with Crippen molar-refractivity contribution in [1.29, 1.82) is 0 Å². The molecule has 2 nitrogen and oxygen atoms in total. The summed E-state index contributed by atoms with van der Waals surface area (Å²) in [4.78, 5) is 1.81. The van der Waals surface area contributed by atoms with Crippen LogP contribution in [0.3, 0.4) is 0 Å². The van der Waals surface area contributed by atoms with Crippen molar-refractivity contribution >= 4 is 5.69 Å². The van der Waals surface area contributed by atoms with Crippen molar-refractivity contribution in [1.82, 2.24) is 0 Å². The van der Waals surface area contributed by atoms with E-state index in [9.17, 15) is 4.39 Å². The molecule has 0 aliphatic rings. The summed E-state index contributed by atoms with van der Waals surface area (Å²) in [6.07, 6.45) is -0.409. The van der Waals surface area contributed by atoms with Crippen LogP contribution in [0.5, 0.6) is 0 Å². The highest BCUT2D eigenvalue weighted by Crippen LogP contribution is 2.13. The standard InChI is InChI=1S/C10H14FNO/c1-8(13)7-12(2)10-5-3-4-9(11)6-10/h3-6,8,13H,7H2,1-2H3. The third-order valence-electron chi connectivity index (χ3n) is 1.79. The minimum atomic E-state index is -0.409. The number of rotatable bonds is 3. The van der Waals surface area contributed by atoms with Crippen molar-refractivity contribution in [3.8, 4) is 0 Å². The fourth-order valence-corrected chi connectivity index (χ4v) is 1.22. The summed E-state index contributed by atoms with van der Waals surface area (Å²) < 4.78 is 12.8. The molecule has 0 aromatic heterocycles. The Morgan fingerprint density at radius 2 is 2.23 bits per heavy atom. The minimum Gasteiger partial charge on any atom is -0.392 e. The van der Waals surface area contributed by atoms with Gasteiger partial charge in [0.05, 0.1) is 6.10 Å². The van der Waals surface area contributed by atoms with E-state index in [0.29, 0.717) is 6.54 Å². The average molecular weight is 183 g/mol. The summed E-state index contributed by atoms with van der Waals surface area (Å²) in [5.41, 5.74) is 0.779. The molecule has 0 amide bonds. The van der Waals surface area contributed by atoms with Crippen molar-refractivity contribution in [2.75, 3.05) is 18.5 Å². The smallest absolute Gasteiger partial charge is 0.125 e. The van der Waals surface area contributed by atoms with E-state index in [1.807, 2.05) is 18.0 Å². The second kappa shape index (κ2) is 4.23. The van der Waals surface area contributed by atoms with Crippen molar-refractivity contribution in [2.45, 2.75) is 13.0 Å². The van der Waals surface area contributed by atoms with Gasteiger partial charge in [-0.15, -0.1) is 0 Å². The molecule has 0 fully saturated rings. The molecule has 3 heteroatoms. The normalized spacial score (nSPS) is 12.6. The second-order valence-corrected chi connectivity index (χ2v) is 3.21. The van der Waals surface area contributed by atoms with E-state index in [4.69, 9.17) is 5.11 Å². The van der Waals surface area contributed by atoms with Crippen molar-refractivity contribution in [3.63, 3.8) is 0 Å². The summed E-state index contributed by atoms with van der Waals surface area (Å²) in [5, 5.41) is 9.12. The topological polar surface area (TPSA) is 23.5 Å². The first kappa shape index (κ1) is 9.99. The highest BCUT2D eigenvalue weighted by molar-refractivity contribution is 5.45. The van der Waals surface area contributed by atoms with Crippen LogP contribution in [0.2, 0.25) is 0 Å². The molecule has 0 radical (unpaired) electrons. The van der Waals surface area contributed by atoms with Crippen molar-refractivity contribution < 1.29 is 9.50 Å². The largest absolute Gasteiger partial charge is 0.392 e. The molecule has 1 rings (SSSR count). The molecule has 0 heterocycles. The minimum absolute atomic E-state index is 0.255. The highest BCUT2D eigenvalue weighted by atomic mass is 19.1. The van der Waals surface area contributed by atoms with Gasteiger partial charge in [0.15, 0.2) is 0 Å². The monoisotopic (exact) mass is 183 g/mol. The molecule has 1 atom stereocenters. The molecule has 1 unspecified atom stereocenters. The first-order valence-corrected chi connectivity index (χ1v) is 4.24. The van der Waals surface area contributed by atoms with Gasteiger partial charge in [-0.1, -0.05) is 6.07 Å². The van der Waals surface area contributed by atoms with Crippen molar-refractivity contribution in [2.24, 2.45) is 0 Å². The maximum Gasteiger partial charge on any atom is 0.125 e. The van der Waals surface area contributed by atoms with E-state index in [2.05, 4.69) is 0 Å². The Morgan fingerprint density at radius 3 is 2.77 bits per heavy atom. The Morgan fingerprint density at radius 1 is 1.54 bits per heavy atom. The first-order chi connectivity index (χ1) is 6.09. The zero-order valence-corrected chi connectivity index (χ0v) is 7.87. The number of likely N-dealkylation sites (N-methyl/N-ethyl adjacent to an activating group) is 1. The number of hydrogen-bond acceptors (Lipinski definition) is 2. The van der Waals surface area contributed by atoms with Gasteiger partial charge in [-0.05, 0) is 25.1 Å². The molecule has 0 bridgehead atoms. The summed E-state index contributed by atoms with van der Waals surface area (Å²) in [6, 6.07) is 6.32. The van der Waals surface area contributed by atoms with Crippen LogP contribution in [0, 0.1) is 5.82 Å². The molecule has 1 aromatic carbocycles. The number of aliphatic hydroxyl groups excluding tert-OH is 1. The lowest BCUT2D eigenvalue weighted by Gasteiger charge is -2.20. The van der Waals surface area contributed by atoms with Gasteiger partial charge >= 0.3 is 0 Å². The second-order valence-electron chi connectivity index (χ2n) is 3.21. The quantitative estimate of drug-likeness (QED) is 0.770. The lowest BCUT2D eigenvalue weighted by molar-refractivity contribution is 0.201. The third kappa shape index (κ3) is 3.03. The maximum absolute atomic E-state index is 12.8. The fraction of sp³-hybridized carbons (Fsp3) is 0.400. The number of aliphatic hydroxyl groups is 1. The van der Waals surface area contributed by atoms with E-state index in [1.54, 1.807) is 13.0 Å². The summed E-state index contributed by atoms with van der Waals surface area (Å²) in [7, 11) is 1.82. The summed E-state index contributed by atoms with van der Waals surface area (Å²) >= 11 is 0. The van der Waals surface area contributed by atoms with Crippen LogP contribution in [0.15, 0.2) is 24.3 Å². The molecule has 0 spiro atoms. The molecule has 13 heavy (non-hydrogen) atoms. The van der Waals surface area contributed by atoms with Gasteiger partial charge < -0.3 is 10.0 Å². The average Bonchev–Trinajstić information content (AvgIpc) is 2.03. The van der Waals surface area contributed by atoms with Crippen LogP contribution in [0.25, 0.3) is 0 Å². The number of hydrogen-bond donors (Lipinski definition) is 1. The van der Waals surface area contributed by atoms with Crippen LogP contribution >= 0.6 is 0 Å². The highest BCUT2D eigenvalue weighted by Gasteiger charge is 2.04. The van der Waals surface area contributed by atoms with E-state index >= 15 is 0 Å². The van der Waals surface area contributed by atoms with Crippen LogP contribution in [-0.2, 0) is 0 Å². The van der Waals surface area contributed by atoms with Gasteiger partial charge in [-0.2, -0.15) is 0 Å². The van der Waals surface area contributed by atoms with Gasteiger partial charge in [-0.25, -0.2) is 4.39 Å². The molecule has 72 valence electrons. The van der Waals surface area contributed by atoms with Crippen LogP contribution in [0.1, 0.15) is 6.92 Å². The molecule has 1 N–H and O–H groups in total. The molecule has 0 aliphatic carbocycles. The Hall–Kier alpha value is -1.09. The zero-order valence-electron chi connectivity index (χ0n) is 7.87. The van der Waals surface area contributed by atoms with Gasteiger partial charge in [-0.3, -0.25) is 0 Å². The van der Waals surface area contributed by atoms with E-state index < -0.39 is 6.10 Å². The Balaban J connectivity index is 2.71. The summed E-state index contributed by atoms with van der Waals surface area (Å²) in [6.45, 7) is 2.21. The number of nitrogens with zero attached hydrogens (tertiary/aromatic N) is 1. The lowest BCUT2D eigenvalue weighted by Crippen LogP contribution is -2.26. The Kier molecular flexibility index (Phi) is 3.25. The predicted octanol–water partition coefficient (Wildman–Crippen LogP) is 1.64. The molecule has 0 aliphatic heterocycles. The molecule has 1 aromatic rings. The fourth-order valence-electron chi connectivity index (χ4n) is 1.22. The van der Waals surface area contributed by atoms with Gasteiger partial charge in [0, 0.05) is 19.3 Å². The van der Waals surface area contributed by atoms with Gasteiger partial charge in [0.2, 0.25) is 0 Å². The molecular formula is C10H14FNO. The van der Waals surface area contributed by atoms with Crippen LogP contribution < -0.4 is 4.90 Å². The Labute approximate surface area is 77.6 Å². The van der Waals surface area contributed by atoms with Crippen LogP contribution in [0.4, 0.5) is 10.1 Å². The first-order valence-electron chi connectivity index (χ1n) is 4.24. The zero-order chi connectivity index (χ0) is 9.84. The number of anilines is 1. The molecule has 0 saturated heterocycles. The SMILES string of the molecule is CC(O)CN(C)c1cccc(F)c1. The third-order valence-corrected chi connectivity index (χ3v) is 1.79. The lowest BCUT2D eigenvalue weighted by atomic mass is 10.2. The summed E-state index contributed by atoms with van der Waals surface area (Å²) in [5.74, 6) is -0.255. The van der Waals surface area contributed by atoms with E-state index in [0.717, 1.165) is 5.69 Å². The predicted molar refractivity (Wildman–Crippen MR) is 51.4 cm³/mol. The number of halogens is 1. The maximum atomic E-state index is 12.8. The van der Waals surface area contributed by atoms with E-state index in [-0.39, 0.29) is 5.82 Å². The van der Waals surface area contributed by atoms with Gasteiger partial charge in [0.1, 0.15) is 5.82 Å². The number of benzene rings is 1. The molecular weight excluding hydrogens is 169 g/mol. The van der Waals surface area contributed by atoms with Gasteiger partial charge in [0.25, 0.3) is 0 Å². The van der Waals surface area contributed by atoms with Crippen LogP contribution in [-0.4, -0.2) is 24.8 Å². The van der Waals surface area contributed by atoms with Crippen molar-refractivity contribution in [3.05, 3.63) is 30.1 Å². The Bertz CT molecular complexity index is 275.